The molecule has 0 radical (unpaired) electrons. The summed E-state index contributed by atoms with van der Waals surface area (Å²) in [5.41, 5.74) is 2.03. The SMILES string of the molecule is COC(=O)[C@@H]1CC(OC(C)=O)CC(Oc2cn(C)c3ccc(OCc4ccccc4)cc23)O1. The molecule has 4 rings (SSSR count). The summed E-state index contributed by atoms with van der Waals surface area (Å²) >= 11 is 0. The van der Waals surface area contributed by atoms with E-state index in [4.69, 9.17) is 23.7 Å². The van der Waals surface area contributed by atoms with E-state index in [1.54, 1.807) is 0 Å². The lowest BCUT2D eigenvalue weighted by molar-refractivity contribution is -0.204. The van der Waals surface area contributed by atoms with Gasteiger partial charge in [-0.1, -0.05) is 30.3 Å². The van der Waals surface area contributed by atoms with Gasteiger partial charge in [0.15, 0.2) is 6.10 Å². The van der Waals surface area contributed by atoms with Crippen LogP contribution in [0.4, 0.5) is 0 Å². The molecule has 2 heterocycles. The number of aromatic nitrogens is 1. The molecule has 8 heteroatoms. The Labute approximate surface area is 191 Å². The summed E-state index contributed by atoms with van der Waals surface area (Å²) in [6.07, 6.45) is 0.194. The van der Waals surface area contributed by atoms with Crippen LogP contribution in [0.5, 0.6) is 11.5 Å². The summed E-state index contributed by atoms with van der Waals surface area (Å²) in [6, 6.07) is 15.7. The molecule has 2 unspecified atom stereocenters. The summed E-state index contributed by atoms with van der Waals surface area (Å²) in [5.74, 6) is 0.330. The molecule has 0 bridgehead atoms. The molecule has 33 heavy (non-hydrogen) atoms. The van der Waals surface area contributed by atoms with Gasteiger partial charge in [-0.15, -0.1) is 0 Å². The van der Waals surface area contributed by atoms with E-state index in [9.17, 15) is 9.59 Å². The average molecular weight is 453 g/mol. The van der Waals surface area contributed by atoms with Crippen molar-refractivity contribution in [2.45, 2.75) is 44.9 Å². The monoisotopic (exact) mass is 453 g/mol. The van der Waals surface area contributed by atoms with Crippen molar-refractivity contribution in [1.29, 1.82) is 0 Å². The lowest BCUT2D eigenvalue weighted by Gasteiger charge is -2.33. The zero-order valence-corrected chi connectivity index (χ0v) is 18.9. The van der Waals surface area contributed by atoms with Gasteiger partial charge >= 0.3 is 11.9 Å². The molecule has 0 spiro atoms. The van der Waals surface area contributed by atoms with Gasteiger partial charge in [-0.25, -0.2) is 4.79 Å². The first-order valence-corrected chi connectivity index (χ1v) is 10.8. The second-order valence-corrected chi connectivity index (χ2v) is 7.96. The van der Waals surface area contributed by atoms with Crippen LogP contribution in [0.3, 0.4) is 0 Å². The minimum absolute atomic E-state index is 0.221. The molecule has 0 saturated carbocycles. The maximum atomic E-state index is 12.1. The van der Waals surface area contributed by atoms with Crippen molar-refractivity contribution in [3.63, 3.8) is 0 Å². The van der Waals surface area contributed by atoms with Crippen LogP contribution in [0.25, 0.3) is 10.9 Å². The molecule has 1 aliphatic heterocycles. The normalized spacial score (nSPS) is 20.3. The molecule has 3 atom stereocenters. The first kappa shape index (κ1) is 22.7. The van der Waals surface area contributed by atoms with Gasteiger partial charge in [-0.2, -0.15) is 0 Å². The molecule has 0 amide bonds. The van der Waals surface area contributed by atoms with Gasteiger partial charge in [0.2, 0.25) is 6.29 Å². The van der Waals surface area contributed by atoms with Gasteiger partial charge < -0.3 is 28.3 Å². The minimum atomic E-state index is -0.877. The minimum Gasteiger partial charge on any atom is -0.489 e. The second-order valence-electron chi connectivity index (χ2n) is 7.96. The lowest BCUT2D eigenvalue weighted by Crippen LogP contribution is -2.44. The number of hydrogen-bond acceptors (Lipinski definition) is 7. The molecule has 0 aliphatic carbocycles. The molecule has 1 fully saturated rings. The fourth-order valence-corrected chi connectivity index (χ4v) is 3.94. The van der Waals surface area contributed by atoms with E-state index in [0.29, 0.717) is 24.5 Å². The highest BCUT2D eigenvalue weighted by atomic mass is 16.7. The summed E-state index contributed by atoms with van der Waals surface area (Å²) in [6.45, 7) is 1.78. The number of carbonyl (C=O) groups excluding carboxylic acids is 2. The van der Waals surface area contributed by atoms with Crippen LogP contribution in [0.15, 0.2) is 54.7 Å². The molecule has 1 aromatic heterocycles. The van der Waals surface area contributed by atoms with Gasteiger partial charge in [-0.05, 0) is 23.8 Å². The van der Waals surface area contributed by atoms with Gasteiger partial charge in [0, 0.05) is 38.4 Å². The highest BCUT2D eigenvalue weighted by Gasteiger charge is 2.37. The Morgan fingerprint density at radius 2 is 1.91 bits per heavy atom. The van der Waals surface area contributed by atoms with Crippen LogP contribution in [0.2, 0.25) is 0 Å². The molecule has 8 nitrogen and oxygen atoms in total. The summed E-state index contributed by atoms with van der Waals surface area (Å²) in [5, 5.41) is 0.843. The Hall–Kier alpha value is -3.52. The van der Waals surface area contributed by atoms with Crippen LogP contribution >= 0.6 is 0 Å². The number of nitrogens with zero attached hydrogens (tertiary/aromatic N) is 1. The Kier molecular flexibility index (Phi) is 6.84. The highest BCUT2D eigenvalue weighted by molar-refractivity contribution is 5.88. The zero-order valence-electron chi connectivity index (χ0n) is 18.9. The van der Waals surface area contributed by atoms with Crippen LogP contribution in [-0.2, 0) is 37.5 Å². The van der Waals surface area contributed by atoms with E-state index in [1.807, 2.05) is 66.3 Å². The van der Waals surface area contributed by atoms with Crippen molar-refractivity contribution < 1.29 is 33.3 Å². The molecule has 1 saturated heterocycles. The number of ether oxygens (including phenoxy) is 5. The third-order valence-corrected chi connectivity index (χ3v) is 5.48. The molecule has 1 aliphatic rings. The summed E-state index contributed by atoms with van der Waals surface area (Å²) in [4.78, 5) is 23.5. The Bertz CT molecular complexity index is 1120. The topological polar surface area (TPSA) is 85.2 Å². The van der Waals surface area contributed by atoms with Gasteiger partial charge in [0.05, 0.1) is 12.6 Å². The van der Waals surface area contributed by atoms with Crippen LogP contribution < -0.4 is 9.47 Å². The fourth-order valence-electron chi connectivity index (χ4n) is 3.94. The predicted octanol–water partition coefficient (Wildman–Crippen LogP) is 3.75. The Morgan fingerprint density at radius 1 is 1.12 bits per heavy atom. The molecule has 2 aromatic carbocycles. The standard InChI is InChI=1S/C25H27NO7/c1-16(27)31-19-12-22(25(28)29-3)32-24(13-19)33-23-14-26(2)21-10-9-18(11-20(21)23)30-15-17-7-5-4-6-8-17/h4-11,14,19,22,24H,12-13,15H2,1-3H3/t19?,22-,24?/m0/s1. The van der Waals surface area contributed by atoms with E-state index in [1.165, 1.54) is 14.0 Å². The smallest absolute Gasteiger partial charge is 0.335 e. The van der Waals surface area contributed by atoms with Crippen molar-refractivity contribution in [2.24, 2.45) is 7.05 Å². The maximum absolute atomic E-state index is 12.1. The van der Waals surface area contributed by atoms with E-state index in [-0.39, 0.29) is 6.42 Å². The number of fused-ring (bicyclic) bond motifs is 1. The largest absolute Gasteiger partial charge is 0.489 e. The van der Waals surface area contributed by atoms with Crippen molar-refractivity contribution in [3.8, 4) is 11.5 Å². The zero-order chi connectivity index (χ0) is 23.4. The van der Waals surface area contributed by atoms with Crippen molar-refractivity contribution >= 4 is 22.8 Å². The van der Waals surface area contributed by atoms with Crippen LogP contribution in [0, 0.1) is 0 Å². The van der Waals surface area contributed by atoms with Crippen molar-refractivity contribution in [2.75, 3.05) is 7.11 Å². The first-order valence-electron chi connectivity index (χ1n) is 10.8. The molecular weight excluding hydrogens is 426 g/mol. The first-order chi connectivity index (χ1) is 15.9. The molecular formula is C25H27NO7. The quantitative estimate of drug-likeness (QED) is 0.504. The second kappa shape index (κ2) is 9.95. The van der Waals surface area contributed by atoms with E-state index < -0.39 is 30.4 Å². The summed E-state index contributed by atoms with van der Waals surface area (Å²) in [7, 11) is 3.21. The number of rotatable bonds is 7. The molecule has 0 N–H and O–H groups in total. The molecule has 3 aromatic rings. The van der Waals surface area contributed by atoms with Crippen LogP contribution in [-0.4, -0.2) is 42.1 Å². The van der Waals surface area contributed by atoms with E-state index in [0.717, 1.165) is 16.5 Å². The third-order valence-electron chi connectivity index (χ3n) is 5.48. The number of hydrogen-bond donors (Lipinski definition) is 0. The lowest BCUT2D eigenvalue weighted by atomic mass is 10.0. The fraction of sp³-hybridized carbons (Fsp3) is 0.360. The Balaban J connectivity index is 1.53. The van der Waals surface area contributed by atoms with Crippen molar-refractivity contribution in [1.82, 2.24) is 4.57 Å². The highest BCUT2D eigenvalue weighted by Crippen LogP contribution is 2.34. The number of carbonyl (C=O) groups is 2. The average Bonchev–Trinajstić information content (AvgIpc) is 3.11. The van der Waals surface area contributed by atoms with E-state index >= 15 is 0 Å². The molecule has 174 valence electrons. The van der Waals surface area contributed by atoms with Crippen molar-refractivity contribution in [3.05, 3.63) is 60.3 Å². The summed E-state index contributed by atoms with van der Waals surface area (Å²) < 4.78 is 30.0. The van der Waals surface area contributed by atoms with Gasteiger partial charge in [0.1, 0.15) is 24.2 Å². The maximum Gasteiger partial charge on any atom is 0.335 e. The van der Waals surface area contributed by atoms with Gasteiger partial charge in [-0.3, -0.25) is 4.79 Å². The van der Waals surface area contributed by atoms with Crippen LogP contribution in [0.1, 0.15) is 25.3 Å². The third kappa shape index (κ3) is 5.46. The number of esters is 2. The number of methoxy groups -OCH3 is 1. The predicted molar refractivity (Wildman–Crippen MR) is 120 cm³/mol. The number of benzene rings is 2. The van der Waals surface area contributed by atoms with Gasteiger partial charge in [0.25, 0.3) is 0 Å². The Morgan fingerprint density at radius 3 is 2.64 bits per heavy atom. The van der Waals surface area contributed by atoms with E-state index in [2.05, 4.69) is 0 Å². The number of aryl methyl sites for hydroxylation is 1.